The Morgan fingerprint density at radius 2 is 1.92 bits per heavy atom. The van der Waals surface area contributed by atoms with Crippen LogP contribution in [0.4, 0.5) is 0 Å². The van der Waals surface area contributed by atoms with E-state index in [0.717, 1.165) is 10.00 Å². The number of aliphatic hydroxyl groups excluding tert-OH is 1. The topological polar surface area (TPSA) is 103 Å². The zero-order chi connectivity index (χ0) is 17.9. The number of nitrogens with zero attached hydrogens (tertiary/aromatic N) is 2. The van der Waals surface area contributed by atoms with Gasteiger partial charge in [0.15, 0.2) is 0 Å². The lowest BCUT2D eigenvalue weighted by Crippen LogP contribution is -2.50. The Balaban J connectivity index is 1.66. The molecule has 0 aliphatic carbocycles. The molecule has 1 saturated heterocycles. The van der Waals surface area contributed by atoms with Gasteiger partial charge in [-0.3, -0.25) is 4.98 Å². The molecular formula is C17H21N3O4S. The van der Waals surface area contributed by atoms with Gasteiger partial charge in [0.25, 0.3) is 0 Å². The summed E-state index contributed by atoms with van der Waals surface area (Å²) in [5.74, 6) is 0. The fourth-order valence-corrected chi connectivity index (χ4v) is 4.38. The Kier molecular flexibility index (Phi) is 5.16. The van der Waals surface area contributed by atoms with E-state index in [0.29, 0.717) is 6.54 Å². The first-order valence-electron chi connectivity index (χ1n) is 7.98. The second-order valence-electron chi connectivity index (χ2n) is 6.15. The van der Waals surface area contributed by atoms with Crippen LogP contribution in [0.25, 0.3) is 0 Å². The van der Waals surface area contributed by atoms with Gasteiger partial charge in [0, 0.05) is 32.4 Å². The van der Waals surface area contributed by atoms with Gasteiger partial charge in [0.1, 0.15) is 5.60 Å². The van der Waals surface area contributed by atoms with Crippen LogP contribution >= 0.6 is 0 Å². The number of aliphatic hydroxyl groups is 2. The van der Waals surface area contributed by atoms with Crippen molar-refractivity contribution in [1.29, 1.82) is 0 Å². The van der Waals surface area contributed by atoms with Crippen molar-refractivity contribution < 1.29 is 18.6 Å². The molecule has 0 saturated carbocycles. The van der Waals surface area contributed by atoms with Crippen LogP contribution in [-0.4, -0.2) is 59.3 Å². The van der Waals surface area contributed by atoms with Crippen LogP contribution in [0.2, 0.25) is 0 Å². The van der Waals surface area contributed by atoms with E-state index in [1.807, 2.05) is 18.2 Å². The number of rotatable bonds is 6. The highest BCUT2D eigenvalue weighted by Gasteiger charge is 2.48. The largest absolute Gasteiger partial charge is 0.389 e. The quantitative estimate of drug-likeness (QED) is 0.666. The van der Waals surface area contributed by atoms with Gasteiger partial charge in [-0.05, 0) is 24.3 Å². The minimum atomic E-state index is -3.75. The van der Waals surface area contributed by atoms with E-state index < -0.39 is 21.7 Å². The molecule has 1 aliphatic rings. The molecule has 1 aromatic carbocycles. The van der Waals surface area contributed by atoms with Gasteiger partial charge < -0.3 is 15.5 Å². The second-order valence-corrected chi connectivity index (χ2v) is 8.09. The van der Waals surface area contributed by atoms with Crippen molar-refractivity contribution in [3.05, 3.63) is 60.4 Å². The summed E-state index contributed by atoms with van der Waals surface area (Å²) in [5, 5.41) is 23.9. The van der Waals surface area contributed by atoms with E-state index in [1.165, 1.54) is 12.1 Å². The van der Waals surface area contributed by atoms with Gasteiger partial charge in [-0.15, -0.1) is 0 Å². The van der Waals surface area contributed by atoms with Gasteiger partial charge >= 0.3 is 0 Å². The van der Waals surface area contributed by atoms with Crippen LogP contribution in [0.1, 0.15) is 5.69 Å². The average Bonchev–Trinajstić information content (AvgIpc) is 2.92. The lowest BCUT2D eigenvalue weighted by Gasteiger charge is -2.26. The Hall–Kier alpha value is -1.84. The molecular weight excluding hydrogens is 342 g/mol. The summed E-state index contributed by atoms with van der Waals surface area (Å²) in [6.07, 6.45) is 0.506. The first-order chi connectivity index (χ1) is 11.9. The molecule has 3 rings (SSSR count). The Morgan fingerprint density at radius 3 is 2.60 bits per heavy atom. The van der Waals surface area contributed by atoms with Crippen LogP contribution in [0.15, 0.2) is 59.6 Å². The monoisotopic (exact) mass is 363 g/mol. The van der Waals surface area contributed by atoms with Crippen molar-refractivity contribution in [3.63, 3.8) is 0 Å². The smallest absolute Gasteiger partial charge is 0.243 e. The minimum absolute atomic E-state index is 0.0611. The van der Waals surface area contributed by atoms with E-state index in [1.54, 1.807) is 24.4 Å². The molecule has 2 atom stereocenters. The lowest BCUT2D eigenvalue weighted by molar-refractivity contribution is -0.0385. The summed E-state index contributed by atoms with van der Waals surface area (Å²) in [5.41, 5.74) is -0.747. The fraction of sp³-hybridized carbons (Fsp3) is 0.353. The number of hydrogen-bond donors (Lipinski definition) is 3. The molecule has 0 unspecified atom stereocenters. The molecule has 1 aliphatic heterocycles. The van der Waals surface area contributed by atoms with E-state index in [2.05, 4.69) is 10.3 Å². The summed E-state index contributed by atoms with van der Waals surface area (Å²) in [7, 11) is -3.75. The molecule has 2 aromatic rings. The van der Waals surface area contributed by atoms with Crippen molar-refractivity contribution in [2.45, 2.75) is 23.1 Å². The summed E-state index contributed by atoms with van der Waals surface area (Å²) in [6, 6.07) is 13.5. The predicted octanol–water partition coefficient (Wildman–Crippen LogP) is -0.0323. The summed E-state index contributed by atoms with van der Waals surface area (Å²) < 4.78 is 26.4. The molecule has 7 nitrogen and oxygen atoms in total. The highest BCUT2D eigenvalue weighted by Crippen LogP contribution is 2.27. The molecule has 0 bridgehead atoms. The average molecular weight is 363 g/mol. The highest BCUT2D eigenvalue weighted by atomic mass is 32.2. The van der Waals surface area contributed by atoms with Crippen LogP contribution in [0.3, 0.4) is 0 Å². The van der Waals surface area contributed by atoms with Crippen LogP contribution in [0.5, 0.6) is 0 Å². The molecule has 0 amide bonds. The van der Waals surface area contributed by atoms with Gasteiger partial charge in [-0.2, -0.15) is 4.31 Å². The molecule has 1 fully saturated rings. The SMILES string of the molecule is O=S(=O)(c1ccccc1)N1C[C@@H](O)[C@](O)(CNCc2ccccn2)C1. The van der Waals surface area contributed by atoms with Gasteiger partial charge in [-0.1, -0.05) is 24.3 Å². The molecule has 3 N–H and O–H groups in total. The molecule has 8 heteroatoms. The first kappa shape index (κ1) is 18.0. The zero-order valence-electron chi connectivity index (χ0n) is 13.6. The number of benzene rings is 1. The number of pyridine rings is 1. The molecule has 1 aromatic heterocycles. The Morgan fingerprint density at radius 1 is 1.20 bits per heavy atom. The zero-order valence-corrected chi connectivity index (χ0v) is 14.4. The van der Waals surface area contributed by atoms with E-state index in [9.17, 15) is 18.6 Å². The maximum atomic E-state index is 12.6. The lowest BCUT2D eigenvalue weighted by atomic mass is 10.0. The van der Waals surface area contributed by atoms with Crippen LogP contribution in [0, 0.1) is 0 Å². The Bertz CT molecular complexity index is 801. The third-order valence-corrected chi connectivity index (χ3v) is 6.12. The number of nitrogens with one attached hydrogen (secondary N) is 1. The third-order valence-electron chi connectivity index (χ3n) is 4.29. The number of β-amino-alcohol motifs (C(OH)–C–C–N with tert-alkyl or cyclic N) is 2. The second kappa shape index (κ2) is 7.19. The highest BCUT2D eigenvalue weighted by molar-refractivity contribution is 7.89. The van der Waals surface area contributed by atoms with Crippen molar-refractivity contribution >= 4 is 10.0 Å². The van der Waals surface area contributed by atoms with Gasteiger partial charge in [0.05, 0.1) is 16.7 Å². The summed E-state index contributed by atoms with van der Waals surface area (Å²) in [6.45, 7) is 0.173. The third kappa shape index (κ3) is 3.88. The summed E-state index contributed by atoms with van der Waals surface area (Å²) in [4.78, 5) is 4.31. The minimum Gasteiger partial charge on any atom is -0.389 e. The van der Waals surface area contributed by atoms with E-state index in [-0.39, 0.29) is 24.5 Å². The molecule has 25 heavy (non-hydrogen) atoms. The molecule has 2 heterocycles. The predicted molar refractivity (Wildman–Crippen MR) is 92.1 cm³/mol. The fourth-order valence-electron chi connectivity index (χ4n) is 2.85. The first-order valence-corrected chi connectivity index (χ1v) is 9.42. The molecule has 0 spiro atoms. The maximum absolute atomic E-state index is 12.6. The molecule has 134 valence electrons. The molecule has 0 radical (unpaired) electrons. The van der Waals surface area contributed by atoms with Crippen LogP contribution < -0.4 is 5.32 Å². The van der Waals surface area contributed by atoms with Gasteiger partial charge in [0.2, 0.25) is 10.0 Å². The number of aromatic nitrogens is 1. The number of hydrogen-bond acceptors (Lipinski definition) is 6. The normalized spacial score (nSPS) is 24.5. The van der Waals surface area contributed by atoms with Crippen LogP contribution in [-0.2, 0) is 16.6 Å². The Labute approximate surface area is 147 Å². The van der Waals surface area contributed by atoms with Crippen molar-refractivity contribution in [1.82, 2.24) is 14.6 Å². The number of sulfonamides is 1. The van der Waals surface area contributed by atoms with E-state index >= 15 is 0 Å². The van der Waals surface area contributed by atoms with Crippen molar-refractivity contribution in [2.75, 3.05) is 19.6 Å². The van der Waals surface area contributed by atoms with Gasteiger partial charge in [-0.25, -0.2) is 8.42 Å². The van der Waals surface area contributed by atoms with E-state index in [4.69, 9.17) is 0 Å². The summed E-state index contributed by atoms with van der Waals surface area (Å²) >= 11 is 0. The standard InChI is InChI=1S/C17H21N3O4S/c21-16-11-20(25(23,24)15-7-2-1-3-8-15)13-17(16,22)12-18-10-14-6-4-5-9-19-14/h1-9,16,18,21-22H,10-13H2/t16-,17+/m1/s1. The van der Waals surface area contributed by atoms with Crippen molar-refractivity contribution in [3.8, 4) is 0 Å². The van der Waals surface area contributed by atoms with Crippen molar-refractivity contribution in [2.24, 2.45) is 0 Å². The maximum Gasteiger partial charge on any atom is 0.243 e.